The molecule has 0 unspecified atom stereocenters. The Morgan fingerprint density at radius 2 is 1.65 bits per heavy atom. The van der Waals surface area contributed by atoms with E-state index in [-0.39, 0.29) is 16.5 Å². The molecular weight excluding hydrogens is 416 g/mol. The molecule has 31 heavy (non-hydrogen) atoms. The number of nitrogens with one attached hydrogen (secondary N) is 2. The highest BCUT2D eigenvalue weighted by Crippen LogP contribution is 2.31. The zero-order valence-corrected chi connectivity index (χ0v) is 18.3. The molecule has 0 saturated carbocycles. The summed E-state index contributed by atoms with van der Waals surface area (Å²) in [6, 6.07) is 18.1. The van der Waals surface area contributed by atoms with Gasteiger partial charge < -0.3 is 14.8 Å². The predicted molar refractivity (Wildman–Crippen MR) is 121 cm³/mol. The smallest absolute Gasteiger partial charge is 0.262 e. The van der Waals surface area contributed by atoms with Crippen LogP contribution in [0.5, 0.6) is 11.5 Å². The maximum atomic E-state index is 13.0. The molecule has 0 aromatic heterocycles. The van der Waals surface area contributed by atoms with Crippen molar-refractivity contribution in [2.24, 2.45) is 0 Å². The Balaban J connectivity index is 1.90. The predicted octanol–water partition coefficient (Wildman–Crippen LogP) is 4.46. The average molecular weight is 441 g/mol. The molecule has 7 nitrogen and oxygen atoms in total. The van der Waals surface area contributed by atoms with Crippen LogP contribution in [0.25, 0.3) is 0 Å². The summed E-state index contributed by atoms with van der Waals surface area (Å²) < 4.78 is 39.3. The Labute approximate surface area is 182 Å². The molecule has 8 heteroatoms. The van der Waals surface area contributed by atoms with E-state index < -0.39 is 10.0 Å². The molecule has 0 aliphatic carbocycles. The van der Waals surface area contributed by atoms with Gasteiger partial charge in [0, 0.05) is 5.56 Å². The molecule has 0 atom stereocenters. The summed E-state index contributed by atoms with van der Waals surface area (Å²) >= 11 is 0. The third-order valence-electron chi connectivity index (χ3n) is 4.47. The molecule has 2 N–H and O–H groups in total. The highest BCUT2D eigenvalue weighted by molar-refractivity contribution is 7.92. The highest BCUT2D eigenvalue weighted by Gasteiger charge is 2.20. The molecular formula is C23H24N2O5S. The second kappa shape index (κ2) is 9.53. The van der Waals surface area contributed by atoms with Crippen molar-refractivity contribution < 1.29 is 22.7 Å². The van der Waals surface area contributed by atoms with Gasteiger partial charge >= 0.3 is 0 Å². The fourth-order valence-corrected chi connectivity index (χ4v) is 3.98. The number of para-hydroxylation sites is 2. The molecule has 162 valence electrons. The van der Waals surface area contributed by atoms with Gasteiger partial charge in [-0.1, -0.05) is 29.8 Å². The van der Waals surface area contributed by atoms with E-state index in [1.54, 1.807) is 36.4 Å². The molecule has 0 radical (unpaired) electrons. The second-order valence-electron chi connectivity index (χ2n) is 6.72. The molecule has 0 aliphatic rings. The number of ether oxygens (including phenoxy) is 2. The third-order valence-corrected chi connectivity index (χ3v) is 5.84. The Kier molecular flexibility index (Phi) is 6.81. The lowest BCUT2D eigenvalue weighted by Crippen LogP contribution is -2.16. The molecule has 0 spiro atoms. The van der Waals surface area contributed by atoms with Crippen LogP contribution < -0.4 is 19.5 Å². The number of carbonyl (C=O) groups excluding carboxylic acids is 1. The third kappa shape index (κ3) is 5.35. The summed E-state index contributed by atoms with van der Waals surface area (Å²) in [5.74, 6) is 0.395. The van der Waals surface area contributed by atoms with Crippen molar-refractivity contribution >= 4 is 27.3 Å². The van der Waals surface area contributed by atoms with Crippen molar-refractivity contribution in [1.82, 2.24) is 0 Å². The minimum Gasteiger partial charge on any atom is -0.495 e. The van der Waals surface area contributed by atoms with Crippen LogP contribution >= 0.6 is 0 Å². The topological polar surface area (TPSA) is 93.7 Å². The number of benzene rings is 3. The van der Waals surface area contributed by atoms with Crippen LogP contribution in [-0.4, -0.2) is 28.0 Å². The van der Waals surface area contributed by atoms with Crippen LogP contribution in [0.4, 0.5) is 11.4 Å². The van der Waals surface area contributed by atoms with Gasteiger partial charge in [-0.05, 0) is 56.3 Å². The first-order valence-electron chi connectivity index (χ1n) is 9.64. The summed E-state index contributed by atoms with van der Waals surface area (Å²) in [5, 5.41) is 2.72. The molecule has 0 bridgehead atoms. The van der Waals surface area contributed by atoms with Crippen LogP contribution in [0.1, 0.15) is 22.8 Å². The van der Waals surface area contributed by atoms with Crippen LogP contribution in [-0.2, 0) is 10.0 Å². The maximum Gasteiger partial charge on any atom is 0.262 e. The molecule has 0 fully saturated rings. The standard InChI is InChI=1S/C23H24N2O5S/c1-4-30-22-8-6-5-7-19(22)25-31(27,28)18-13-14-21(29-3)20(15-18)24-23(26)17-11-9-16(2)10-12-17/h5-15,25H,4H2,1-3H3,(H,24,26). The van der Waals surface area contributed by atoms with Crippen molar-refractivity contribution in [3.05, 3.63) is 77.9 Å². The Morgan fingerprint density at radius 1 is 0.935 bits per heavy atom. The number of amides is 1. The van der Waals surface area contributed by atoms with E-state index >= 15 is 0 Å². The summed E-state index contributed by atoms with van der Waals surface area (Å²) in [5.41, 5.74) is 2.05. The van der Waals surface area contributed by atoms with Gasteiger partial charge in [0.15, 0.2) is 0 Å². The minimum atomic E-state index is -3.94. The molecule has 0 aliphatic heterocycles. The summed E-state index contributed by atoms with van der Waals surface area (Å²) in [4.78, 5) is 12.6. The molecule has 1 amide bonds. The number of carbonyl (C=O) groups is 1. The first-order chi connectivity index (χ1) is 14.8. The largest absolute Gasteiger partial charge is 0.495 e. The monoisotopic (exact) mass is 440 g/mol. The SMILES string of the molecule is CCOc1ccccc1NS(=O)(=O)c1ccc(OC)c(NC(=O)c2ccc(C)cc2)c1. The van der Waals surface area contributed by atoms with Gasteiger partial charge in [0.25, 0.3) is 15.9 Å². The van der Waals surface area contributed by atoms with Crippen LogP contribution in [0.2, 0.25) is 0 Å². The average Bonchev–Trinajstić information content (AvgIpc) is 2.75. The fourth-order valence-electron chi connectivity index (χ4n) is 2.89. The van der Waals surface area contributed by atoms with Gasteiger partial charge in [-0.3, -0.25) is 9.52 Å². The fraction of sp³-hybridized carbons (Fsp3) is 0.174. The molecule has 0 heterocycles. The number of hydrogen-bond donors (Lipinski definition) is 2. The van der Waals surface area contributed by atoms with Gasteiger partial charge in [-0.2, -0.15) is 0 Å². The van der Waals surface area contributed by atoms with Gasteiger partial charge in [-0.25, -0.2) is 8.42 Å². The van der Waals surface area contributed by atoms with Crippen molar-refractivity contribution in [3.63, 3.8) is 0 Å². The lowest BCUT2D eigenvalue weighted by atomic mass is 10.1. The second-order valence-corrected chi connectivity index (χ2v) is 8.40. The van der Waals surface area contributed by atoms with Crippen molar-refractivity contribution in [1.29, 1.82) is 0 Å². The molecule has 3 rings (SSSR count). The van der Waals surface area contributed by atoms with Crippen LogP contribution in [0.3, 0.4) is 0 Å². The first kappa shape index (κ1) is 22.2. The van der Waals surface area contributed by atoms with Gasteiger partial charge in [0.1, 0.15) is 11.5 Å². The summed E-state index contributed by atoms with van der Waals surface area (Å²) in [7, 11) is -2.50. The van der Waals surface area contributed by atoms with E-state index in [1.165, 1.54) is 25.3 Å². The summed E-state index contributed by atoms with van der Waals surface area (Å²) in [6.07, 6.45) is 0. The highest BCUT2D eigenvalue weighted by atomic mass is 32.2. The van der Waals surface area contributed by atoms with Crippen molar-refractivity contribution in [2.45, 2.75) is 18.7 Å². The Morgan fingerprint density at radius 3 is 2.32 bits per heavy atom. The zero-order chi connectivity index (χ0) is 22.4. The quantitative estimate of drug-likeness (QED) is 0.540. The van der Waals surface area contributed by atoms with E-state index in [2.05, 4.69) is 10.0 Å². The van der Waals surface area contributed by atoms with E-state index in [0.717, 1.165) is 5.56 Å². The first-order valence-corrected chi connectivity index (χ1v) is 11.1. The number of aryl methyl sites for hydroxylation is 1. The zero-order valence-electron chi connectivity index (χ0n) is 17.5. The lowest BCUT2D eigenvalue weighted by Gasteiger charge is -2.15. The molecule has 0 saturated heterocycles. The molecule has 3 aromatic carbocycles. The van der Waals surface area contributed by atoms with Crippen molar-refractivity contribution in [2.75, 3.05) is 23.8 Å². The number of rotatable bonds is 8. The van der Waals surface area contributed by atoms with E-state index in [0.29, 0.717) is 29.4 Å². The van der Waals surface area contributed by atoms with E-state index in [4.69, 9.17) is 9.47 Å². The van der Waals surface area contributed by atoms with E-state index in [1.807, 2.05) is 26.0 Å². The van der Waals surface area contributed by atoms with Gasteiger partial charge in [0.2, 0.25) is 0 Å². The Bertz CT molecular complexity index is 1170. The van der Waals surface area contributed by atoms with Crippen molar-refractivity contribution in [3.8, 4) is 11.5 Å². The maximum absolute atomic E-state index is 13.0. The Hall–Kier alpha value is -3.52. The number of methoxy groups -OCH3 is 1. The number of anilines is 2. The number of sulfonamides is 1. The minimum absolute atomic E-state index is 0.0289. The van der Waals surface area contributed by atoms with Gasteiger partial charge in [-0.15, -0.1) is 0 Å². The number of hydrogen-bond acceptors (Lipinski definition) is 5. The van der Waals surface area contributed by atoms with E-state index in [9.17, 15) is 13.2 Å². The lowest BCUT2D eigenvalue weighted by molar-refractivity contribution is 0.102. The van der Waals surface area contributed by atoms with Crippen LogP contribution in [0.15, 0.2) is 71.6 Å². The normalized spacial score (nSPS) is 10.9. The summed E-state index contributed by atoms with van der Waals surface area (Å²) in [6.45, 7) is 4.14. The molecule has 3 aromatic rings. The van der Waals surface area contributed by atoms with Crippen LogP contribution in [0, 0.1) is 6.92 Å². The van der Waals surface area contributed by atoms with Gasteiger partial charge in [0.05, 0.1) is 30.0 Å².